The van der Waals surface area contributed by atoms with E-state index in [4.69, 9.17) is 9.26 Å². The van der Waals surface area contributed by atoms with Gasteiger partial charge < -0.3 is 14.6 Å². The van der Waals surface area contributed by atoms with Gasteiger partial charge in [-0.3, -0.25) is 0 Å². The fourth-order valence-corrected chi connectivity index (χ4v) is 0.722. The van der Waals surface area contributed by atoms with Crippen LogP contribution in [0.3, 0.4) is 0 Å². The standard InChI is InChI=1S/C7H13N3O2/c1-3-4-11-5-6-9-7(8-2)12-10-6/h3-5H2,1-2H3,(H,8,9,10). The molecule has 0 aliphatic rings. The quantitative estimate of drug-likeness (QED) is 0.670. The van der Waals surface area contributed by atoms with Gasteiger partial charge in [0.2, 0.25) is 0 Å². The van der Waals surface area contributed by atoms with E-state index in [0.717, 1.165) is 13.0 Å². The zero-order chi connectivity index (χ0) is 8.81. The van der Waals surface area contributed by atoms with Gasteiger partial charge in [-0.1, -0.05) is 12.1 Å². The van der Waals surface area contributed by atoms with Gasteiger partial charge in [-0.15, -0.1) is 0 Å². The summed E-state index contributed by atoms with van der Waals surface area (Å²) in [6, 6.07) is 0.421. The van der Waals surface area contributed by atoms with Gasteiger partial charge in [0.1, 0.15) is 6.61 Å². The fraction of sp³-hybridized carbons (Fsp3) is 0.714. The van der Waals surface area contributed by atoms with Gasteiger partial charge in [-0.2, -0.15) is 4.98 Å². The van der Waals surface area contributed by atoms with Crippen LogP contribution in [0.4, 0.5) is 6.01 Å². The predicted molar refractivity (Wildman–Crippen MR) is 43.8 cm³/mol. The van der Waals surface area contributed by atoms with Crippen molar-refractivity contribution in [1.82, 2.24) is 10.1 Å². The first-order valence-corrected chi connectivity index (χ1v) is 3.95. The highest BCUT2D eigenvalue weighted by Gasteiger charge is 2.02. The minimum atomic E-state index is 0.416. The lowest BCUT2D eigenvalue weighted by Gasteiger charge is -1.95. The normalized spacial score (nSPS) is 10.2. The highest BCUT2D eigenvalue weighted by Crippen LogP contribution is 2.02. The molecule has 0 atom stereocenters. The lowest BCUT2D eigenvalue weighted by molar-refractivity contribution is 0.114. The largest absolute Gasteiger partial charge is 0.373 e. The van der Waals surface area contributed by atoms with Crippen molar-refractivity contribution in [2.24, 2.45) is 0 Å². The summed E-state index contributed by atoms with van der Waals surface area (Å²) in [5.41, 5.74) is 0. The topological polar surface area (TPSA) is 60.2 Å². The van der Waals surface area contributed by atoms with Crippen LogP contribution in [-0.2, 0) is 11.3 Å². The molecule has 0 amide bonds. The molecule has 0 aromatic carbocycles. The van der Waals surface area contributed by atoms with Gasteiger partial charge in [-0.05, 0) is 6.42 Å². The van der Waals surface area contributed by atoms with E-state index in [9.17, 15) is 0 Å². The Morgan fingerprint density at radius 2 is 2.42 bits per heavy atom. The molecule has 0 unspecified atom stereocenters. The SMILES string of the molecule is CCCOCc1noc(NC)n1. The van der Waals surface area contributed by atoms with Gasteiger partial charge in [0, 0.05) is 13.7 Å². The summed E-state index contributed by atoms with van der Waals surface area (Å²) < 4.78 is 10.0. The third-order valence-corrected chi connectivity index (χ3v) is 1.26. The number of anilines is 1. The van der Waals surface area contributed by atoms with Gasteiger partial charge in [0.15, 0.2) is 5.82 Å². The van der Waals surface area contributed by atoms with E-state index in [1.165, 1.54) is 0 Å². The molecule has 1 aromatic rings. The first-order chi connectivity index (χ1) is 5.86. The second kappa shape index (κ2) is 4.71. The number of rotatable bonds is 5. The molecule has 0 spiro atoms. The number of ether oxygens (including phenoxy) is 1. The van der Waals surface area contributed by atoms with Crippen LogP contribution in [0.2, 0.25) is 0 Å². The second-order valence-electron chi connectivity index (χ2n) is 2.32. The summed E-state index contributed by atoms with van der Waals surface area (Å²) in [4.78, 5) is 3.99. The molecule has 5 heteroatoms. The number of aromatic nitrogens is 2. The molecule has 0 saturated heterocycles. The Balaban J connectivity index is 2.31. The average Bonchev–Trinajstić information content (AvgIpc) is 2.53. The highest BCUT2D eigenvalue weighted by atomic mass is 16.5. The van der Waals surface area contributed by atoms with Gasteiger partial charge in [0.25, 0.3) is 0 Å². The molecule has 12 heavy (non-hydrogen) atoms. The maximum absolute atomic E-state index is 5.21. The lowest BCUT2D eigenvalue weighted by atomic mass is 10.5. The Kier molecular flexibility index (Phi) is 3.53. The van der Waals surface area contributed by atoms with Crippen molar-refractivity contribution in [2.75, 3.05) is 19.0 Å². The van der Waals surface area contributed by atoms with E-state index in [0.29, 0.717) is 18.4 Å². The monoisotopic (exact) mass is 171 g/mol. The summed E-state index contributed by atoms with van der Waals surface area (Å²) in [6.45, 7) is 3.19. The smallest absolute Gasteiger partial charge is 0.321 e. The minimum Gasteiger partial charge on any atom is -0.373 e. The van der Waals surface area contributed by atoms with Gasteiger partial charge in [-0.25, -0.2) is 0 Å². The number of nitrogens with zero attached hydrogens (tertiary/aromatic N) is 2. The fourth-order valence-electron chi connectivity index (χ4n) is 0.722. The van der Waals surface area contributed by atoms with Crippen LogP contribution in [0.5, 0.6) is 0 Å². The van der Waals surface area contributed by atoms with E-state index in [1.54, 1.807) is 7.05 Å². The van der Waals surface area contributed by atoms with Crippen LogP contribution >= 0.6 is 0 Å². The van der Waals surface area contributed by atoms with Crippen molar-refractivity contribution in [3.63, 3.8) is 0 Å². The van der Waals surface area contributed by atoms with Crippen molar-refractivity contribution in [3.8, 4) is 0 Å². The third-order valence-electron chi connectivity index (χ3n) is 1.26. The molecule has 1 aromatic heterocycles. The average molecular weight is 171 g/mol. The molecule has 5 nitrogen and oxygen atoms in total. The first kappa shape index (κ1) is 8.99. The van der Waals surface area contributed by atoms with Crippen molar-refractivity contribution in [3.05, 3.63) is 5.82 Å². The molecule has 0 aliphatic heterocycles. The van der Waals surface area contributed by atoms with E-state index in [-0.39, 0.29) is 0 Å². The summed E-state index contributed by atoms with van der Waals surface area (Å²) in [5.74, 6) is 0.577. The summed E-state index contributed by atoms with van der Waals surface area (Å²) in [6.07, 6.45) is 0.997. The molecule has 0 saturated carbocycles. The Hall–Kier alpha value is -1.10. The molecule has 0 radical (unpaired) electrons. The Morgan fingerprint density at radius 3 is 3.00 bits per heavy atom. The van der Waals surface area contributed by atoms with E-state index < -0.39 is 0 Å². The molecule has 0 aliphatic carbocycles. The number of nitrogens with one attached hydrogen (secondary N) is 1. The van der Waals surface area contributed by atoms with Crippen LogP contribution in [0.25, 0.3) is 0 Å². The maximum Gasteiger partial charge on any atom is 0.321 e. The molecular formula is C7H13N3O2. The Labute approximate surface area is 71.1 Å². The molecule has 1 rings (SSSR count). The van der Waals surface area contributed by atoms with E-state index >= 15 is 0 Å². The van der Waals surface area contributed by atoms with Crippen molar-refractivity contribution < 1.29 is 9.26 Å². The molecule has 1 N–H and O–H groups in total. The molecule has 0 bridgehead atoms. The maximum atomic E-state index is 5.21. The van der Waals surface area contributed by atoms with E-state index in [2.05, 4.69) is 22.4 Å². The second-order valence-corrected chi connectivity index (χ2v) is 2.32. The highest BCUT2D eigenvalue weighted by molar-refractivity contribution is 5.15. The lowest BCUT2D eigenvalue weighted by Crippen LogP contribution is -1.96. The zero-order valence-electron chi connectivity index (χ0n) is 7.33. The predicted octanol–water partition coefficient (Wildman–Crippen LogP) is 1.04. The molecule has 0 fully saturated rings. The van der Waals surface area contributed by atoms with Crippen LogP contribution in [0.15, 0.2) is 4.52 Å². The van der Waals surface area contributed by atoms with Crippen molar-refractivity contribution >= 4 is 6.01 Å². The molecule has 68 valence electrons. The molecular weight excluding hydrogens is 158 g/mol. The molecule has 1 heterocycles. The summed E-state index contributed by atoms with van der Waals surface area (Å²) >= 11 is 0. The Morgan fingerprint density at radius 1 is 1.58 bits per heavy atom. The van der Waals surface area contributed by atoms with Crippen LogP contribution in [-0.4, -0.2) is 23.8 Å². The van der Waals surface area contributed by atoms with E-state index in [1.807, 2.05) is 0 Å². The van der Waals surface area contributed by atoms with Gasteiger partial charge >= 0.3 is 6.01 Å². The summed E-state index contributed by atoms with van der Waals surface area (Å²) in [5, 5.41) is 6.43. The Bertz CT molecular complexity index is 224. The van der Waals surface area contributed by atoms with Crippen LogP contribution < -0.4 is 5.32 Å². The minimum absolute atomic E-state index is 0.416. The van der Waals surface area contributed by atoms with Crippen molar-refractivity contribution in [1.29, 1.82) is 0 Å². The summed E-state index contributed by atoms with van der Waals surface area (Å²) in [7, 11) is 1.73. The van der Waals surface area contributed by atoms with Crippen LogP contribution in [0.1, 0.15) is 19.2 Å². The third kappa shape index (κ3) is 2.50. The number of hydrogen-bond donors (Lipinski definition) is 1. The first-order valence-electron chi connectivity index (χ1n) is 3.95. The zero-order valence-corrected chi connectivity index (χ0v) is 7.33. The van der Waals surface area contributed by atoms with Crippen LogP contribution in [0, 0.1) is 0 Å². The van der Waals surface area contributed by atoms with Crippen molar-refractivity contribution in [2.45, 2.75) is 20.0 Å². The van der Waals surface area contributed by atoms with Gasteiger partial charge in [0.05, 0.1) is 0 Å². The number of hydrogen-bond acceptors (Lipinski definition) is 5.